The SMILES string of the molecule is CCC(C)C(N)C(=O)ON. The lowest BCUT2D eigenvalue weighted by Crippen LogP contribution is -2.39. The minimum atomic E-state index is -0.588. The molecule has 2 atom stereocenters. The van der Waals surface area contributed by atoms with Crippen molar-refractivity contribution in [3.63, 3.8) is 0 Å². The van der Waals surface area contributed by atoms with Crippen molar-refractivity contribution in [3.05, 3.63) is 0 Å². The predicted molar refractivity (Wildman–Crippen MR) is 37.7 cm³/mol. The zero-order valence-electron chi connectivity index (χ0n) is 6.33. The standard InChI is InChI=1S/C6H14N2O2/c1-3-4(2)5(7)6(9)10-8/h4-5H,3,7-8H2,1-2H3. The molecule has 0 aliphatic heterocycles. The molecule has 0 aliphatic rings. The van der Waals surface area contributed by atoms with Gasteiger partial charge in [0.25, 0.3) is 0 Å². The van der Waals surface area contributed by atoms with Crippen molar-refractivity contribution >= 4 is 5.97 Å². The average Bonchev–Trinajstić information content (AvgIpc) is 2.00. The van der Waals surface area contributed by atoms with E-state index in [4.69, 9.17) is 5.73 Å². The summed E-state index contributed by atoms with van der Waals surface area (Å²) in [6, 6.07) is -0.588. The van der Waals surface area contributed by atoms with Crippen LogP contribution in [0, 0.1) is 5.92 Å². The Labute approximate surface area is 60.5 Å². The highest BCUT2D eigenvalue weighted by Crippen LogP contribution is 2.05. The maximum absolute atomic E-state index is 10.6. The minimum Gasteiger partial charge on any atom is -0.372 e. The zero-order chi connectivity index (χ0) is 8.15. The Balaban J connectivity index is 3.81. The first-order chi connectivity index (χ1) is 4.63. The van der Waals surface area contributed by atoms with Crippen molar-refractivity contribution in [1.29, 1.82) is 0 Å². The highest BCUT2D eigenvalue weighted by atomic mass is 16.7. The number of rotatable bonds is 3. The van der Waals surface area contributed by atoms with Gasteiger partial charge in [0.1, 0.15) is 6.04 Å². The summed E-state index contributed by atoms with van der Waals surface area (Å²) in [6.07, 6.45) is 0.844. The summed E-state index contributed by atoms with van der Waals surface area (Å²) < 4.78 is 0. The lowest BCUT2D eigenvalue weighted by Gasteiger charge is -2.14. The van der Waals surface area contributed by atoms with E-state index < -0.39 is 12.0 Å². The third-order valence-electron chi connectivity index (χ3n) is 1.65. The summed E-state index contributed by atoms with van der Waals surface area (Å²) >= 11 is 0. The van der Waals surface area contributed by atoms with Gasteiger partial charge in [0.2, 0.25) is 0 Å². The van der Waals surface area contributed by atoms with E-state index >= 15 is 0 Å². The predicted octanol–water partition coefficient (Wildman–Crippen LogP) is -0.223. The average molecular weight is 146 g/mol. The smallest absolute Gasteiger partial charge is 0.341 e. The number of hydrogen-bond donors (Lipinski definition) is 2. The van der Waals surface area contributed by atoms with Gasteiger partial charge in [0, 0.05) is 0 Å². The van der Waals surface area contributed by atoms with Crippen LogP contribution in [0.2, 0.25) is 0 Å². The number of carbonyl (C=O) groups excluding carboxylic acids is 1. The van der Waals surface area contributed by atoms with Crippen LogP contribution in [0.15, 0.2) is 0 Å². The van der Waals surface area contributed by atoms with Gasteiger partial charge in [-0.05, 0) is 5.92 Å². The van der Waals surface area contributed by atoms with Gasteiger partial charge in [0.05, 0.1) is 0 Å². The molecule has 4 heteroatoms. The van der Waals surface area contributed by atoms with Crippen LogP contribution in [0.1, 0.15) is 20.3 Å². The van der Waals surface area contributed by atoms with Gasteiger partial charge in [-0.1, -0.05) is 20.3 Å². The van der Waals surface area contributed by atoms with E-state index in [0.29, 0.717) is 0 Å². The lowest BCUT2D eigenvalue weighted by atomic mass is 10.0. The van der Waals surface area contributed by atoms with E-state index in [1.54, 1.807) is 0 Å². The fraction of sp³-hybridized carbons (Fsp3) is 0.833. The summed E-state index contributed by atoms with van der Waals surface area (Å²) in [5.41, 5.74) is 5.43. The minimum absolute atomic E-state index is 0.121. The highest BCUT2D eigenvalue weighted by molar-refractivity contribution is 5.75. The molecule has 0 aliphatic carbocycles. The molecule has 0 spiro atoms. The third-order valence-corrected chi connectivity index (χ3v) is 1.65. The van der Waals surface area contributed by atoms with Crippen molar-refractivity contribution < 1.29 is 9.63 Å². The van der Waals surface area contributed by atoms with Crippen LogP contribution in [-0.4, -0.2) is 12.0 Å². The molecule has 0 rings (SSSR count). The van der Waals surface area contributed by atoms with Crippen molar-refractivity contribution in [2.45, 2.75) is 26.3 Å². The van der Waals surface area contributed by atoms with Gasteiger partial charge in [0.15, 0.2) is 0 Å². The number of nitrogens with two attached hydrogens (primary N) is 2. The molecular formula is C6H14N2O2. The van der Waals surface area contributed by atoms with E-state index in [-0.39, 0.29) is 5.92 Å². The number of carbonyl (C=O) groups is 1. The molecule has 4 nitrogen and oxygen atoms in total. The normalized spacial score (nSPS) is 16.0. The van der Waals surface area contributed by atoms with Crippen LogP contribution in [0.5, 0.6) is 0 Å². The van der Waals surface area contributed by atoms with Gasteiger partial charge in [-0.15, -0.1) is 0 Å². The molecule has 2 unspecified atom stereocenters. The largest absolute Gasteiger partial charge is 0.372 e. The van der Waals surface area contributed by atoms with E-state index in [2.05, 4.69) is 10.7 Å². The highest BCUT2D eigenvalue weighted by Gasteiger charge is 2.19. The topological polar surface area (TPSA) is 78.3 Å². The Bertz CT molecular complexity index is 116. The molecule has 0 aromatic rings. The Morgan fingerprint density at radius 1 is 1.70 bits per heavy atom. The Kier molecular flexibility index (Phi) is 3.99. The fourth-order valence-corrected chi connectivity index (χ4v) is 0.565. The van der Waals surface area contributed by atoms with E-state index in [1.807, 2.05) is 13.8 Å². The molecule has 0 fully saturated rings. The molecule has 60 valence electrons. The van der Waals surface area contributed by atoms with Crippen LogP contribution in [0.4, 0.5) is 0 Å². The van der Waals surface area contributed by atoms with Crippen molar-refractivity contribution in [2.24, 2.45) is 17.5 Å². The summed E-state index contributed by atoms with van der Waals surface area (Å²) in [4.78, 5) is 14.6. The van der Waals surface area contributed by atoms with Crippen molar-refractivity contribution in [2.75, 3.05) is 0 Å². The van der Waals surface area contributed by atoms with Crippen LogP contribution in [0.25, 0.3) is 0 Å². The first-order valence-corrected chi connectivity index (χ1v) is 3.29. The van der Waals surface area contributed by atoms with Gasteiger partial charge in [-0.2, -0.15) is 5.90 Å². The Hall–Kier alpha value is -0.610. The van der Waals surface area contributed by atoms with Crippen molar-refractivity contribution in [1.82, 2.24) is 0 Å². The molecule has 0 radical (unpaired) electrons. The molecule has 4 N–H and O–H groups in total. The molecule has 0 aromatic carbocycles. The van der Waals surface area contributed by atoms with E-state index in [9.17, 15) is 4.79 Å². The molecule has 0 amide bonds. The summed E-state index contributed by atoms with van der Waals surface area (Å²) in [7, 11) is 0. The quantitative estimate of drug-likeness (QED) is 0.539. The molecule has 0 saturated heterocycles. The second kappa shape index (κ2) is 4.24. The molecule has 0 bridgehead atoms. The van der Waals surface area contributed by atoms with Crippen molar-refractivity contribution in [3.8, 4) is 0 Å². The zero-order valence-corrected chi connectivity index (χ0v) is 6.33. The second-order valence-corrected chi connectivity index (χ2v) is 2.35. The van der Waals surface area contributed by atoms with Crippen LogP contribution >= 0.6 is 0 Å². The molecular weight excluding hydrogens is 132 g/mol. The van der Waals surface area contributed by atoms with Gasteiger partial charge < -0.3 is 10.6 Å². The van der Waals surface area contributed by atoms with Crippen LogP contribution < -0.4 is 11.6 Å². The fourth-order valence-electron chi connectivity index (χ4n) is 0.565. The second-order valence-electron chi connectivity index (χ2n) is 2.35. The Morgan fingerprint density at radius 2 is 2.20 bits per heavy atom. The third kappa shape index (κ3) is 2.33. The maximum atomic E-state index is 10.6. The summed E-state index contributed by atoms with van der Waals surface area (Å²) in [5.74, 6) is 4.21. The number of hydrogen-bond acceptors (Lipinski definition) is 4. The van der Waals surface area contributed by atoms with E-state index in [0.717, 1.165) is 6.42 Å². The maximum Gasteiger partial charge on any atom is 0.341 e. The molecule has 0 saturated carbocycles. The monoisotopic (exact) mass is 146 g/mol. The van der Waals surface area contributed by atoms with Crippen LogP contribution in [-0.2, 0) is 9.63 Å². The van der Waals surface area contributed by atoms with Gasteiger partial charge in [-0.25, -0.2) is 4.79 Å². The molecule has 10 heavy (non-hydrogen) atoms. The van der Waals surface area contributed by atoms with Gasteiger partial charge in [-0.3, -0.25) is 0 Å². The molecule has 0 heterocycles. The van der Waals surface area contributed by atoms with Gasteiger partial charge >= 0.3 is 5.97 Å². The lowest BCUT2D eigenvalue weighted by molar-refractivity contribution is -0.147. The van der Waals surface area contributed by atoms with Crippen LogP contribution in [0.3, 0.4) is 0 Å². The summed E-state index contributed by atoms with van der Waals surface area (Å²) in [6.45, 7) is 3.83. The first-order valence-electron chi connectivity index (χ1n) is 3.29. The summed E-state index contributed by atoms with van der Waals surface area (Å²) in [5, 5.41) is 0. The first kappa shape index (κ1) is 9.39. The Morgan fingerprint density at radius 3 is 2.50 bits per heavy atom. The molecule has 0 aromatic heterocycles. The van der Waals surface area contributed by atoms with E-state index in [1.165, 1.54) is 0 Å².